The normalized spacial score (nSPS) is 12.6. The molecule has 2 amide bonds. The second kappa shape index (κ2) is 8.19. The Balaban J connectivity index is 1.47. The van der Waals surface area contributed by atoms with Crippen molar-refractivity contribution in [2.24, 2.45) is 0 Å². The molecule has 0 unspecified atom stereocenters. The van der Waals surface area contributed by atoms with E-state index in [2.05, 4.69) is 5.32 Å². The first-order chi connectivity index (χ1) is 14.9. The van der Waals surface area contributed by atoms with Crippen molar-refractivity contribution in [3.05, 3.63) is 83.4 Å². The third-order valence-electron chi connectivity index (χ3n) is 4.85. The van der Waals surface area contributed by atoms with Gasteiger partial charge in [0.1, 0.15) is 17.1 Å². The number of benzene rings is 3. The second-order valence-electron chi connectivity index (χ2n) is 6.92. The van der Waals surface area contributed by atoms with Crippen molar-refractivity contribution in [2.75, 3.05) is 16.8 Å². The Morgan fingerprint density at radius 2 is 1.77 bits per heavy atom. The molecule has 31 heavy (non-hydrogen) atoms. The van der Waals surface area contributed by atoms with E-state index < -0.39 is 11.9 Å². The topological polar surface area (TPSA) is 116 Å². The number of fused-ring (bicyclic) bond motifs is 1. The highest BCUT2D eigenvalue weighted by Crippen LogP contribution is 2.32. The van der Waals surface area contributed by atoms with E-state index in [9.17, 15) is 19.5 Å². The summed E-state index contributed by atoms with van der Waals surface area (Å²) < 4.78 is 5.44. The number of anilines is 2. The highest BCUT2D eigenvalue weighted by molar-refractivity contribution is 6.05. The molecule has 0 bridgehead atoms. The van der Waals surface area contributed by atoms with E-state index in [0.717, 1.165) is 5.56 Å². The molecule has 156 valence electrons. The summed E-state index contributed by atoms with van der Waals surface area (Å²) in [4.78, 5) is 37.6. The molecule has 4 rings (SSSR count). The zero-order valence-electron chi connectivity index (χ0n) is 16.2. The van der Waals surface area contributed by atoms with E-state index in [-0.39, 0.29) is 29.5 Å². The maximum Gasteiger partial charge on any atom is 0.339 e. The molecular weight excluding hydrogens is 400 g/mol. The molecule has 0 aromatic heterocycles. The van der Waals surface area contributed by atoms with Gasteiger partial charge in [0.15, 0.2) is 6.61 Å². The van der Waals surface area contributed by atoms with Gasteiger partial charge in [-0.05, 0) is 48.0 Å². The van der Waals surface area contributed by atoms with Gasteiger partial charge >= 0.3 is 5.97 Å². The van der Waals surface area contributed by atoms with Crippen LogP contribution in [0, 0.1) is 0 Å². The number of aromatic hydroxyl groups is 1. The van der Waals surface area contributed by atoms with E-state index in [0.29, 0.717) is 23.5 Å². The maximum atomic E-state index is 12.5. The minimum absolute atomic E-state index is 0.0253. The molecule has 8 heteroatoms. The highest BCUT2D eigenvalue weighted by Gasteiger charge is 2.25. The first kappa shape index (κ1) is 20.0. The number of nitrogens with zero attached hydrogens (tertiary/aromatic N) is 1. The molecule has 1 aliphatic heterocycles. The molecular formula is C23H18N2O6. The lowest BCUT2D eigenvalue weighted by Gasteiger charge is -2.29. The van der Waals surface area contributed by atoms with Crippen LogP contribution in [0.5, 0.6) is 11.5 Å². The van der Waals surface area contributed by atoms with Crippen molar-refractivity contribution in [2.45, 2.75) is 6.54 Å². The lowest BCUT2D eigenvalue weighted by Crippen LogP contribution is -2.38. The molecule has 3 aromatic rings. The summed E-state index contributed by atoms with van der Waals surface area (Å²) in [5, 5.41) is 21.3. The van der Waals surface area contributed by atoms with Crippen LogP contribution in [0.1, 0.15) is 26.3 Å². The van der Waals surface area contributed by atoms with Crippen molar-refractivity contribution in [3.8, 4) is 11.5 Å². The van der Waals surface area contributed by atoms with Crippen molar-refractivity contribution in [1.82, 2.24) is 0 Å². The number of ether oxygens (including phenoxy) is 1. The second-order valence-corrected chi connectivity index (χ2v) is 6.92. The molecule has 1 heterocycles. The number of aromatic carboxylic acids is 1. The number of nitrogens with one attached hydrogen (secondary N) is 1. The van der Waals surface area contributed by atoms with E-state index in [4.69, 9.17) is 9.84 Å². The fourth-order valence-corrected chi connectivity index (χ4v) is 3.26. The number of carbonyl (C=O) groups excluding carboxylic acids is 2. The van der Waals surface area contributed by atoms with Crippen LogP contribution < -0.4 is 15.0 Å². The van der Waals surface area contributed by atoms with E-state index in [1.807, 2.05) is 18.2 Å². The maximum absolute atomic E-state index is 12.5. The fourth-order valence-electron chi connectivity index (χ4n) is 3.26. The highest BCUT2D eigenvalue weighted by atomic mass is 16.5. The lowest BCUT2D eigenvalue weighted by atomic mass is 10.1. The Morgan fingerprint density at radius 1 is 1.03 bits per heavy atom. The molecule has 0 atom stereocenters. The number of hydrogen-bond acceptors (Lipinski definition) is 5. The van der Waals surface area contributed by atoms with Crippen LogP contribution in [0.4, 0.5) is 11.4 Å². The van der Waals surface area contributed by atoms with Gasteiger partial charge in [-0.15, -0.1) is 0 Å². The Kier molecular flexibility index (Phi) is 5.28. The van der Waals surface area contributed by atoms with Crippen LogP contribution >= 0.6 is 0 Å². The van der Waals surface area contributed by atoms with Gasteiger partial charge in [-0.3, -0.25) is 9.59 Å². The number of carboxylic acid groups (broad SMARTS) is 1. The summed E-state index contributed by atoms with van der Waals surface area (Å²) in [5.74, 6) is -1.61. The summed E-state index contributed by atoms with van der Waals surface area (Å²) in [6.45, 7) is 0.309. The number of para-hydroxylation sites is 2. The van der Waals surface area contributed by atoms with Crippen LogP contribution in [0.2, 0.25) is 0 Å². The zero-order chi connectivity index (χ0) is 22.0. The third-order valence-corrected chi connectivity index (χ3v) is 4.85. The Hall–Kier alpha value is -4.33. The van der Waals surface area contributed by atoms with Gasteiger partial charge in [-0.1, -0.05) is 24.3 Å². The molecule has 0 saturated carbocycles. The average Bonchev–Trinajstić information content (AvgIpc) is 2.77. The van der Waals surface area contributed by atoms with Crippen molar-refractivity contribution in [3.63, 3.8) is 0 Å². The number of rotatable bonds is 5. The summed E-state index contributed by atoms with van der Waals surface area (Å²) in [5.41, 5.74) is 1.84. The van der Waals surface area contributed by atoms with Gasteiger partial charge in [-0.2, -0.15) is 0 Å². The lowest BCUT2D eigenvalue weighted by molar-refractivity contribution is -0.121. The third kappa shape index (κ3) is 4.18. The Morgan fingerprint density at radius 3 is 2.52 bits per heavy atom. The minimum atomic E-state index is -1.29. The minimum Gasteiger partial charge on any atom is -0.507 e. The largest absolute Gasteiger partial charge is 0.507 e. The van der Waals surface area contributed by atoms with Crippen LogP contribution in [0.15, 0.2) is 66.7 Å². The van der Waals surface area contributed by atoms with Crippen molar-refractivity contribution >= 4 is 29.2 Å². The van der Waals surface area contributed by atoms with Crippen LogP contribution in [-0.4, -0.2) is 34.6 Å². The average molecular weight is 418 g/mol. The molecule has 0 saturated heterocycles. The first-order valence-corrected chi connectivity index (χ1v) is 9.41. The molecule has 0 radical (unpaired) electrons. The van der Waals surface area contributed by atoms with Gasteiger partial charge in [0, 0.05) is 11.3 Å². The molecule has 8 nitrogen and oxygen atoms in total. The number of amides is 2. The molecule has 0 fully saturated rings. The number of phenols is 1. The zero-order valence-corrected chi connectivity index (χ0v) is 16.2. The van der Waals surface area contributed by atoms with Gasteiger partial charge in [0.05, 0.1) is 12.2 Å². The molecule has 1 aliphatic rings. The summed E-state index contributed by atoms with van der Waals surface area (Å²) in [6.07, 6.45) is 0. The molecule has 0 aliphatic carbocycles. The number of hydrogen-bond donors (Lipinski definition) is 3. The first-order valence-electron chi connectivity index (χ1n) is 9.41. The Bertz CT molecular complexity index is 1170. The fraction of sp³-hybridized carbons (Fsp3) is 0.0870. The van der Waals surface area contributed by atoms with Gasteiger partial charge in [0.25, 0.3) is 11.8 Å². The van der Waals surface area contributed by atoms with Crippen molar-refractivity contribution < 1.29 is 29.3 Å². The summed E-state index contributed by atoms with van der Waals surface area (Å²) >= 11 is 0. The van der Waals surface area contributed by atoms with Gasteiger partial charge in [-0.25, -0.2) is 4.79 Å². The smallest absolute Gasteiger partial charge is 0.339 e. The van der Waals surface area contributed by atoms with E-state index >= 15 is 0 Å². The molecule has 3 aromatic carbocycles. The standard InChI is InChI=1S/C23H18N2O6/c26-19-10-9-16(11-17(19)23(29)30)24-22(28)15-7-5-14(6-8-15)12-25-18-3-1-2-4-20(18)31-13-21(25)27/h1-11,26H,12-13H2,(H,24,28)(H,29,30). The number of carboxylic acids is 1. The molecule has 0 spiro atoms. The van der Waals surface area contributed by atoms with Crippen LogP contribution in [0.3, 0.4) is 0 Å². The number of carbonyl (C=O) groups is 3. The van der Waals surface area contributed by atoms with Crippen molar-refractivity contribution in [1.29, 1.82) is 0 Å². The van der Waals surface area contributed by atoms with Crippen LogP contribution in [0.25, 0.3) is 0 Å². The summed E-state index contributed by atoms with van der Waals surface area (Å²) in [6, 6.07) is 17.9. The van der Waals surface area contributed by atoms with E-state index in [1.165, 1.54) is 18.2 Å². The summed E-state index contributed by atoms with van der Waals surface area (Å²) in [7, 11) is 0. The molecule has 3 N–H and O–H groups in total. The predicted molar refractivity (Wildman–Crippen MR) is 113 cm³/mol. The van der Waals surface area contributed by atoms with Crippen LogP contribution in [-0.2, 0) is 11.3 Å². The Labute approximate surface area is 177 Å². The van der Waals surface area contributed by atoms with E-state index in [1.54, 1.807) is 35.2 Å². The quantitative estimate of drug-likeness (QED) is 0.548. The SMILES string of the molecule is O=C(Nc1ccc(O)c(C(=O)O)c1)c1ccc(CN2C(=O)COc3ccccc32)cc1. The predicted octanol–water partition coefficient (Wildman–Crippen LogP) is 3.27. The monoisotopic (exact) mass is 418 g/mol. The van der Waals surface area contributed by atoms with Gasteiger partial charge < -0.3 is 25.2 Å². The van der Waals surface area contributed by atoms with Gasteiger partial charge in [0.2, 0.25) is 0 Å².